The van der Waals surface area contributed by atoms with Crippen molar-refractivity contribution in [2.45, 2.75) is 26.8 Å². The number of rotatable bonds is 5. The Morgan fingerprint density at radius 2 is 2.03 bits per heavy atom. The van der Waals surface area contributed by atoms with Crippen LogP contribution in [0.4, 0.5) is 9.52 Å². The molecule has 31 heavy (non-hydrogen) atoms. The molecule has 158 valence electrons. The van der Waals surface area contributed by atoms with E-state index < -0.39 is 17.2 Å². The molecule has 0 atom stereocenters. The molecular weight excluding hydrogens is 419 g/mol. The molecule has 0 fully saturated rings. The molecule has 7 nitrogen and oxygen atoms in total. The highest BCUT2D eigenvalue weighted by Crippen LogP contribution is 2.23. The maximum Gasteiger partial charge on any atom is 0.328 e. The van der Waals surface area contributed by atoms with Crippen LogP contribution in [0.15, 0.2) is 52.2 Å². The molecule has 0 radical (unpaired) electrons. The third-order valence-electron chi connectivity index (χ3n) is 4.95. The van der Waals surface area contributed by atoms with E-state index >= 15 is 0 Å². The minimum atomic E-state index is -0.519. The van der Waals surface area contributed by atoms with Crippen LogP contribution in [0.25, 0.3) is 10.9 Å². The number of nitrogens with zero attached hydrogens (tertiary/aromatic N) is 2. The number of thiazole rings is 1. The van der Waals surface area contributed by atoms with E-state index in [0.717, 1.165) is 15.0 Å². The summed E-state index contributed by atoms with van der Waals surface area (Å²) in [7, 11) is 0. The lowest BCUT2D eigenvalue weighted by atomic mass is 10.1. The fraction of sp³-hybridized carbons (Fsp3) is 0.182. The quantitative estimate of drug-likeness (QED) is 0.499. The molecule has 4 rings (SSSR count). The van der Waals surface area contributed by atoms with E-state index in [2.05, 4.69) is 15.3 Å². The molecule has 0 spiro atoms. The smallest absolute Gasteiger partial charge is 0.307 e. The van der Waals surface area contributed by atoms with Crippen molar-refractivity contribution >= 4 is 33.3 Å². The Labute approximate surface area is 180 Å². The lowest BCUT2D eigenvalue weighted by molar-refractivity contribution is 0.102. The van der Waals surface area contributed by atoms with E-state index in [0.29, 0.717) is 28.0 Å². The van der Waals surface area contributed by atoms with Crippen molar-refractivity contribution in [2.24, 2.45) is 0 Å². The standard InChI is InChI=1S/C22H19FN4O3S/c1-3-27-20(29)16-7-6-14(10-18(16)25-22(27)30)19(28)26-21-24-11-15(31-21)8-13-5-4-12(2)17(23)9-13/h4-7,9-11H,3,8H2,1-2H3,(H,25,30)(H,24,26,28). The average Bonchev–Trinajstić information content (AvgIpc) is 3.17. The molecule has 0 saturated carbocycles. The average molecular weight is 438 g/mol. The van der Waals surface area contributed by atoms with Gasteiger partial charge in [0.15, 0.2) is 5.13 Å². The minimum Gasteiger partial charge on any atom is -0.307 e. The first-order chi connectivity index (χ1) is 14.9. The largest absolute Gasteiger partial charge is 0.328 e. The molecule has 0 aliphatic heterocycles. The van der Waals surface area contributed by atoms with Crippen molar-refractivity contribution in [2.75, 3.05) is 5.32 Å². The number of fused-ring (bicyclic) bond motifs is 1. The molecule has 0 aliphatic carbocycles. The van der Waals surface area contributed by atoms with Gasteiger partial charge in [-0.05, 0) is 49.2 Å². The monoisotopic (exact) mass is 438 g/mol. The minimum absolute atomic E-state index is 0.254. The summed E-state index contributed by atoms with van der Waals surface area (Å²) < 4.78 is 14.8. The third-order valence-corrected chi connectivity index (χ3v) is 5.86. The number of aromatic nitrogens is 3. The van der Waals surface area contributed by atoms with E-state index in [1.54, 1.807) is 26.1 Å². The Balaban J connectivity index is 1.53. The van der Waals surface area contributed by atoms with E-state index in [-0.39, 0.29) is 17.9 Å². The summed E-state index contributed by atoms with van der Waals surface area (Å²) in [6.07, 6.45) is 2.15. The molecule has 0 unspecified atom stereocenters. The highest BCUT2D eigenvalue weighted by atomic mass is 32.1. The predicted octanol–water partition coefficient (Wildman–Crippen LogP) is 3.46. The molecular formula is C22H19FN4O3S. The summed E-state index contributed by atoms with van der Waals surface area (Å²) in [6, 6.07) is 9.61. The maximum atomic E-state index is 13.7. The number of carbonyl (C=O) groups excluding carboxylic acids is 1. The summed E-state index contributed by atoms with van der Waals surface area (Å²) in [6.45, 7) is 3.68. The van der Waals surface area contributed by atoms with Gasteiger partial charge in [-0.15, -0.1) is 11.3 Å². The van der Waals surface area contributed by atoms with Gasteiger partial charge in [0.2, 0.25) is 0 Å². The van der Waals surface area contributed by atoms with Gasteiger partial charge in [-0.2, -0.15) is 0 Å². The summed E-state index contributed by atoms with van der Waals surface area (Å²) in [5.74, 6) is -0.666. The number of halogens is 1. The van der Waals surface area contributed by atoms with Gasteiger partial charge in [0, 0.05) is 29.6 Å². The number of anilines is 1. The lowest BCUT2D eigenvalue weighted by Crippen LogP contribution is -2.34. The summed E-state index contributed by atoms with van der Waals surface area (Å²) in [4.78, 5) is 44.7. The molecule has 0 aliphatic rings. The number of nitrogens with one attached hydrogen (secondary N) is 2. The summed E-state index contributed by atoms with van der Waals surface area (Å²) in [5, 5.41) is 3.46. The van der Waals surface area contributed by atoms with E-state index in [1.807, 2.05) is 6.07 Å². The van der Waals surface area contributed by atoms with E-state index in [4.69, 9.17) is 0 Å². The normalized spacial score (nSPS) is 11.1. The van der Waals surface area contributed by atoms with Crippen molar-refractivity contribution in [3.05, 3.63) is 90.8 Å². The molecule has 2 N–H and O–H groups in total. The number of aromatic amines is 1. The van der Waals surface area contributed by atoms with Crippen LogP contribution >= 0.6 is 11.3 Å². The molecule has 0 saturated heterocycles. The van der Waals surface area contributed by atoms with Gasteiger partial charge in [-0.1, -0.05) is 12.1 Å². The fourth-order valence-corrected chi connectivity index (χ4v) is 4.09. The molecule has 2 heterocycles. The van der Waals surface area contributed by atoms with Crippen molar-refractivity contribution in [3.63, 3.8) is 0 Å². The molecule has 2 aromatic heterocycles. The second kappa shape index (κ2) is 8.27. The first-order valence-electron chi connectivity index (χ1n) is 9.63. The van der Waals surface area contributed by atoms with Crippen LogP contribution in [0, 0.1) is 12.7 Å². The van der Waals surface area contributed by atoms with Gasteiger partial charge in [-0.25, -0.2) is 14.2 Å². The van der Waals surface area contributed by atoms with E-state index in [9.17, 15) is 18.8 Å². The third kappa shape index (κ3) is 4.17. The van der Waals surface area contributed by atoms with Gasteiger partial charge < -0.3 is 4.98 Å². The highest BCUT2D eigenvalue weighted by Gasteiger charge is 2.13. The van der Waals surface area contributed by atoms with Crippen molar-refractivity contribution in [1.82, 2.24) is 14.5 Å². The topological polar surface area (TPSA) is 96.8 Å². The Bertz CT molecular complexity index is 1420. The molecule has 9 heteroatoms. The fourth-order valence-electron chi connectivity index (χ4n) is 3.25. The SMILES string of the molecule is CCn1c(=O)[nH]c2cc(C(=O)Nc3ncc(Cc4ccc(C)c(F)c4)s3)ccc2c1=O. The van der Waals surface area contributed by atoms with E-state index in [1.165, 1.54) is 35.6 Å². The zero-order valence-electron chi connectivity index (χ0n) is 16.9. The van der Waals surface area contributed by atoms with Crippen molar-refractivity contribution in [1.29, 1.82) is 0 Å². The highest BCUT2D eigenvalue weighted by molar-refractivity contribution is 7.15. The number of hydrogen-bond donors (Lipinski definition) is 2. The zero-order chi connectivity index (χ0) is 22.1. The summed E-state index contributed by atoms with van der Waals surface area (Å²) >= 11 is 1.30. The first-order valence-corrected chi connectivity index (χ1v) is 10.5. The van der Waals surface area contributed by atoms with Crippen molar-refractivity contribution in [3.8, 4) is 0 Å². The Morgan fingerprint density at radius 1 is 1.23 bits per heavy atom. The predicted molar refractivity (Wildman–Crippen MR) is 119 cm³/mol. The lowest BCUT2D eigenvalue weighted by Gasteiger charge is -2.06. The Morgan fingerprint density at radius 3 is 2.77 bits per heavy atom. The molecule has 1 amide bonds. The van der Waals surface area contributed by atoms with Crippen LogP contribution < -0.4 is 16.6 Å². The number of H-pyrrole nitrogens is 1. The van der Waals surface area contributed by atoms with Gasteiger partial charge in [-0.3, -0.25) is 19.5 Å². The van der Waals surface area contributed by atoms with Crippen LogP contribution in [0.2, 0.25) is 0 Å². The number of amides is 1. The van der Waals surface area contributed by atoms with Gasteiger partial charge >= 0.3 is 5.69 Å². The number of aryl methyl sites for hydroxylation is 1. The van der Waals surface area contributed by atoms with Crippen molar-refractivity contribution < 1.29 is 9.18 Å². The van der Waals surface area contributed by atoms with Crippen LogP contribution in [0.3, 0.4) is 0 Å². The van der Waals surface area contributed by atoms with Crippen LogP contribution in [0.5, 0.6) is 0 Å². The second-order valence-corrected chi connectivity index (χ2v) is 8.20. The van der Waals surface area contributed by atoms with Crippen LogP contribution in [0.1, 0.15) is 33.3 Å². The zero-order valence-corrected chi connectivity index (χ0v) is 17.7. The Hall–Kier alpha value is -3.59. The molecule has 2 aromatic carbocycles. The number of hydrogen-bond acceptors (Lipinski definition) is 5. The van der Waals surface area contributed by atoms with Gasteiger partial charge in [0.25, 0.3) is 11.5 Å². The molecule has 0 bridgehead atoms. The number of benzene rings is 2. The van der Waals surface area contributed by atoms with Crippen LogP contribution in [-0.4, -0.2) is 20.4 Å². The van der Waals surface area contributed by atoms with Gasteiger partial charge in [0.1, 0.15) is 5.82 Å². The Kier molecular flexibility index (Phi) is 5.51. The number of carbonyl (C=O) groups is 1. The summed E-state index contributed by atoms with van der Waals surface area (Å²) in [5.41, 5.74) is 1.08. The van der Waals surface area contributed by atoms with Crippen LogP contribution in [-0.2, 0) is 13.0 Å². The maximum absolute atomic E-state index is 13.7. The first kappa shape index (κ1) is 20.7. The molecule has 4 aromatic rings. The second-order valence-electron chi connectivity index (χ2n) is 7.09. The van der Waals surface area contributed by atoms with Gasteiger partial charge in [0.05, 0.1) is 10.9 Å².